The fourth-order valence-corrected chi connectivity index (χ4v) is 1.02. The van der Waals surface area contributed by atoms with Gasteiger partial charge in [0.1, 0.15) is 12.4 Å². The molecule has 4 nitrogen and oxygen atoms in total. The normalized spacial score (nSPS) is 11.4. The number of hydrogen-bond donors (Lipinski definition) is 1. The third-order valence-electron chi connectivity index (χ3n) is 1.62. The van der Waals surface area contributed by atoms with E-state index >= 15 is 0 Å². The average molecular weight is 210 g/mol. The molecule has 84 valence electrons. The summed E-state index contributed by atoms with van der Waals surface area (Å²) in [6.07, 6.45) is 3.21. The third kappa shape index (κ3) is 5.22. The standard InChI is InChI=1S/C11H18N2O2/c1-11(2,3)15-5-4-14-10-6-9(12)7-13-8-10/h6-8H,4-5,12H2,1-3H3. The molecule has 0 amide bonds. The summed E-state index contributed by atoms with van der Waals surface area (Å²) in [6.45, 7) is 7.08. The molecule has 1 aromatic rings. The van der Waals surface area contributed by atoms with Gasteiger partial charge in [-0.25, -0.2) is 0 Å². The van der Waals surface area contributed by atoms with Crippen LogP contribution in [0.2, 0.25) is 0 Å². The number of nitrogens with zero attached hydrogens (tertiary/aromatic N) is 1. The molecule has 0 unspecified atom stereocenters. The van der Waals surface area contributed by atoms with Crippen LogP contribution in [0.5, 0.6) is 5.75 Å². The van der Waals surface area contributed by atoms with Gasteiger partial charge in [0, 0.05) is 6.07 Å². The van der Waals surface area contributed by atoms with E-state index in [1.807, 2.05) is 20.8 Å². The lowest BCUT2D eigenvalue weighted by Crippen LogP contribution is -2.22. The highest BCUT2D eigenvalue weighted by Gasteiger charge is 2.09. The average Bonchev–Trinajstić information content (AvgIpc) is 2.11. The van der Waals surface area contributed by atoms with Gasteiger partial charge in [-0.2, -0.15) is 0 Å². The number of anilines is 1. The maximum absolute atomic E-state index is 5.56. The predicted molar refractivity (Wildman–Crippen MR) is 59.8 cm³/mol. The van der Waals surface area contributed by atoms with Gasteiger partial charge >= 0.3 is 0 Å². The largest absolute Gasteiger partial charge is 0.489 e. The predicted octanol–water partition coefficient (Wildman–Crippen LogP) is 1.86. The van der Waals surface area contributed by atoms with Crippen molar-refractivity contribution in [2.75, 3.05) is 18.9 Å². The Morgan fingerprint density at radius 1 is 1.27 bits per heavy atom. The van der Waals surface area contributed by atoms with Crippen LogP contribution < -0.4 is 10.5 Å². The van der Waals surface area contributed by atoms with Crippen LogP contribution in [-0.4, -0.2) is 23.8 Å². The van der Waals surface area contributed by atoms with E-state index in [0.29, 0.717) is 24.7 Å². The number of hydrogen-bond acceptors (Lipinski definition) is 4. The number of ether oxygens (including phenoxy) is 2. The van der Waals surface area contributed by atoms with Gasteiger partial charge in [-0.15, -0.1) is 0 Å². The van der Waals surface area contributed by atoms with E-state index in [0.717, 1.165) is 0 Å². The van der Waals surface area contributed by atoms with Crippen LogP contribution in [0.1, 0.15) is 20.8 Å². The molecule has 0 aliphatic heterocycles. The zero-order chi connectivity index (χ0) is 11.3. The number of pyridine rings is 1. The Morgan fingerprint density at radius 2 is 2.00 bits per heavy atom. The Kier molecular flexibility index (Phi) is 3.91. The van der Waals surface area contributed by atoms with Crippen molar-refractivity contribution in [1.82, 2.24) is 4.98 Å². The molecular formula is C11H18N2O2. The zero-order valence-corrected chi connectivity index (χ0v) is 9.49. The van der Waals surface area contributed by atoms with Crippen LogP contribution in [-0.2, 0) is 4.74 Å². The molecule has 0 spiro atoms. The lowest BCUT2D eigenvalue weighted by Gasteiger charge is -2.19. The summed E-state index contributed by atoms with van der Waals surface area (Å²) >= 11 is 0. The first-order valence-corrected chi connectivity index (χ1v) is 4.95. The summed E-state index contributed by atoms with van der Waals surface area (Å²) in [6, 6.07) is 1.74. The molecule has 4 heteroatoms. The monoisotopic (exact) mass is 210 g/mol. The molecule has 0 aliphatic rings. The minimum atomic E-state index is -0.128. The summed E-state index contributed by atoms with van der Waals surface area (Å²) < 4.78 is 10.9. The first kappa shape index (κ1) is 11.8. The number of nitrogens with two attached hydrogens (primary N) is 1. The SMILES string of the molecule is CC(C)(C)OCCOc1cncc(N)c1. The molecular weight excluding hydrogens is 192 g/mol. The van der Waals surface area contributed by atoms with Crippen LogP contribution >= 0.6 is 0 Å². The molecule has 1 aromatic heterocycles. The van der Waals surface area contributed by atoms with Crippen molar-refractivity contribution in [1.29, 1.82) is 0 Å². The van der Waals surface area contributed by atoms with Crippen molar-refractivity contribution >= 4 is 5.69 Å². The summed E-state index contributed by atoms with van der Waals surface area (Å²) in [4.78, 5) is 3.92. The smallest absolute Gasteiger partial charge is 0.139 e. The topological polar surface area (TPSA) is 57.4 Å². The molecule has 0 bridgehead atoms. The zero-order valence-electron chi connectivity index (χ0n) is 9.49. The van der Waals surface area contributed by atoms with Gasteiger partial charge in [0.05, 0.1) is 30.3 Å². The van der Waals surface area contributed by atoms with Gasteiger partial charge in [-0.05, 0) is 20.8 Å². The minimum absolute atomic E-state index is 0.128. The second kappa shape index (κ2) is 4.98. The van der Waals surface area contributed by atoms with Crippen molar-refractivity contribution in [2.24, 2.45) is 0 Å². The molecule has 1 heterocycles. The maximum Gasteiger partial charge on any atom is 0.139 e. The Hall–Kier alpha value is -1.29. The number of aromatic nitrogens is 1. The number of nitrogen functional groups attached to an aromatic ring is 1. The van der Waals surface area contributed by atoms with Crippen molar-refractivity contribution in [3.63, 3.8) is 0 Å². The molecule has 0 saturated carbocycles. The highest BCUT2D eigenvalue weighted by atomic mass is 16.5. The fourth-order valence-electron chi connectivity index (χ4n) is 1.02. The Bertz CT molecular complexity index is 308. The Labute approximate surface area is 90.4 Å². The summed E-state index contributed by atoms with van der Waals surface area (Å²) in [5.41, 5.74) is 6.03. The number of rotatable bonds is 4. The van der Waals surface area contributed by atoms with Crippen LogP contribution in [0.4, 0.5) is 5.69 Å². The quantitative estimate of drug-likeness (QED) is 0.771. The summed E-state index contributed by atoms with van der Waals surface area (Å²) in [5, 5.41) is 0. The van der Waals surface area contributed by atoms with Gasteiger partial charge in [0.15, 0.2) is 0 Å². The van der Waals surface area contributed by atoms with Crippen molar-refractivity contribution in [2.45, 2.75) is 26.4 Å². The van der Waals surface area contributed by atoms with Gasteiger partial charge in [-0.3, -0.25) is 4.98 Å². The van der Waals surface area contributed by atoms with Crippen LogP contribution in [0, 0.1) is 0 Å². The van der Waals surface area contributed by atoms with Crippen molar-refractivity contribution in [3.05, 3.63) is 18.5 Å². The minimum Gasteiger partial charge on any atom is -0.489 e. The van der Waals surface area contributed by atoms with Gasteiger partial charge in [-0.1, -0.05) is 0 Å². The highest BCUT2D eigenvalue weighted by Crippen LogP contribution is 2.12. The Balaban J connectivity index is 2.26. The second-order valence-electron chi connectivity index (χ2n) is 4.26. The van der Waals surface area contributed by atoms with Crippen LogP contribution in [0.3, 0.4) is 0 Å². The van der Waals surface area contributed by atoms with E-state index in [-0.39, 0.29) is 5.60 Å². The van der Waals surface area contributed by atoms with E-state index < -0.39 is 0 Å². The van der Waals surface area contributed by atoms with E-state index in [9.17, 15) is 0 Å². The molecule has 0 saturated heterocycles. The first-order valence-electron chi connectivity index (χ1n) is 4.95. The maximum atomic E-state index is 5.56. The van der Waals surface area contributed by atoms with E-state index in [2.05, 4.69) is 4.98 Å². The second-order valence-corrected chi connectivity index (χ2v) is 4.26. The van der Waals surface area contributed by atoms with Crippen molar-refractivity contribution < 1.29 is 9.47 Å². The summed E-state index contributed by atoms with van der Waals surface area (Å²) in [5.74, 6) is 0.674. The van der Waals surface area contributed by atoms with Crippen molar-refractivity contribution in [3.8, 4) is 5.75 Å². The highest BCUT2D eigenvalue weighted by molar-refractivity contribution is 5.39. The third-order valence-corrected chi connectivity index (χ3v) is 1.62. The lowest BCUT2D eigenvalue weighted by atomic mass is 10.2. The molecule has 0 atom stereocenters. The first-order chi connectivity index (χ1) is 6.97. The van der Waals surface area contributed by atoms with Gasteiger partial charge in [0.2, 0.25) is 0 Å². The van der Waals surface area contributed by atoms with Crippen LogP contribution in [0.15, 0.2) is 18.5 Å². The molecule has 0 radical (unpaired) electrons. The summed E-state index contributed by atoms with van der Waals surface area (Å²) in [7, 11) is 0. The fraction of sp³-hybridized carbons (Fsp3) is 0.545. The molecule has 0 aromatic carbocycles. The molecule has 15 heavy (non-hydrogen) atoms. The van der Waals surface area contributed by atoms with Crippen LogP contribution in [0.25, 0.3) is 0 Å². The van der Waals surface area contributed by atoms with E-state index in [1.54, 1.807) is 18.5 Å². The molecule has 2 N–H and O–H groups in total. The lowest BCUT2D eigenvalue weighted by molar-refractivity contribution is -0.0163. The van der Waals surface area contributed by atoms with E-state index in [4.69, 9.17) is 15.2 Å². The molecule has 0 fully saturated rings. The Morgan fingerprint density at radius 3 is 2.60 bits per heavy atom. The molecule has 1 rings (SSSR count). The van der Waals surface area contributed by atoms with Gasteiger partial charge in [0.25, 0.3) is 0 Å². The molecule has 0 aliphatic carbocycles. The van der Waals surface area contributed by atoms with E-state index in [1.165, 1.54) is 0 Å². The van der Waals surface area contributed by atoms with Gasteiger partial charge < -0.3 is 15.2 Å².